The van der Waals surface area contributed by atoms with Crippen LogP contribution in [0.5, 0.6) is 0 Å². The van der Waals surface area contributed by atoms with Gasteiger partial charge in [-0.1, -0.05) is 96.4 Å². The smallest absolute Gasteiger partial charge is 0.243 e. The molecule has 0 aromatic heterocycles. The Morgan fingerprint density at radius 2 is 1.59 bits per heavy atom. The number of benzene rings is 3. The monoisotopic (exact) mass is 556 g/mol. The second kappa shape index (κ2) is 14.5. The predicted octanol–water partition coefficient (Wildman–Crippen LogP) is 7.09. The van der Waals surface area contributed by atoms with E-state index in [1.165, 1.54) is 11.8 Å². The summed E-state index contributed by atoms with van der Waals surface area (Å²) < 4.78 is 0. The van der Waals surface area contributed by atoms with Gasteiger partial charge >= 0.3 is 0 Å². The Morgan fingerprint density at radius 3 is 2.24 bits per heavy atom. The zero-order chi connectivity index (χ0) is 26.8. The van der Waals surface area contributed by atoms with Crippen LogP contribution in [-0.2, 0) is 28.3 Å². The van der Waals surface area contributed by atoms with Crippen LogP contribution in [0, 0.1) is 6.92 Å². The summed E-state index contributed by atoms with van der Waals surface area (Å²) in [5.74, 6) is 0.649. The van der Waals surface area contributed by atoms with E-state index < -0.39 is 6.04 Å². The SMILES string of the molecule is CCC(C)NC(=O)C(Cc1ccccc1)N(Cc1ccc(C)cc1)C(=O)CSCc1ccc(Cl)c(Cl)c1. The molecule has 0 aliphatic heterocycles. The number of halogens is 2. The molecule has 37 heavy (non-hydrogen) atoms. The van der Waals surface area contributed by atoms with Gasteiger partial charge < -0.3 is 10.2 Å². The maximum Gasteiger partial charge on any atom is 0.243 e. The van der Waals surface area contributed by atoms with E-state index >= 15 is 0 Å². The number of nitrogens with one attached hydrogen (secondary N) is 1. The van der Waals surface area contributed by atoms with Crippen molar-refractivity contribution in [3.63, 3.8) is 0 Å². The summed E-state index contributed by atoms with van der Waals surface area (Å²) in [4.78, 5) is 29.0. The maximum atomic E-state index is 13.7. The number of hydrogen-bond acceptors (Lipinski definition) is 3. The van der Waals surface area contributed by atoms with Gasteiger partial charge in [0.25, 0.3) is 0 Å². The molecule has 196 valence electrons. The number of thioether (sulfide) groups is 1. The third-order valence-corrected chi connectivity index (χ3v) is 7.95. The van der Waals surface area contributed by atoms with E-state index in [9.17, 15) is 9.59 Å². The lowest BCUT2D eigenvalue weighted by atomic mass is 10.0. The summed E-state index contributed by atoms with van der Waals surface area (Å²) >= 11 is 13.7. The van der Waals surface area contributed by atoms with Crippen molar-refractivity contribution in [1.82, 2.24) is 10.2 Å². The molecule has 0 saturated heterocycles. The van der Waals surface area contributed by atoms with E-state index in [-0.39, 0.29) is 23.6 Å². The van der Waals surface area contributed by atoms with Gasteiger partial charge in [-0.15, -0.1) is 11.8 Å². The second-order valence-electron chi connectivity index (χ2n) is 9.27. The van der Waals surface area contributed by atoms with Gasteiger partial charge in [-0.3, -0.25) is 9.59 Å². The van der Waals surface area contributed by atoms with E-state index in [2.05, 4.69) is 5.32 Å². The quantitative estimate of drug-likeness (QED) is 0.259. The van der Waals surface area contributed by atoms with Crippen molar-refractivity contribution in [3.05, 3.63) is 105 Å². The molecule has 2 unspecified atom stereocenters. The Kier molecular flexibility index (Phi) is 11.4. The van der Waals surface area contributed by atoms with Crippen molar-refractivity contribution < 1.29 is 9.59 Å². The number of carbonyl (C=O) groups excluding carboxylic acids is 2. The van der Waals surface area contributed by atoms with Crippen LogP contribution in [-0.4, -0.2) is 34.6 Å². The van der Waals surface area contributed by atoms with Crippen molar-refractivity contribution in [3.8, 4) is 0 Å². The zero-order valence-corrected chi connectivity index (χ0v) is 23.9. The molecule has 0 heterocycles. The Hall–Kier alpha value is -2.47. The van der Waals surface area contributed by atoms with Crippen molar-refractivity contribution >= 4 is 46.8 Å². The summed E-state index contributed by atoms with van der Waals surface area (Å²) in [6, 6.07) is 22.8. The van der Waals surface area contributed by atoms with Crippen molar-refractivity contribution in [2.24, 2.45) is 0 Å². The third kappa shape index (κ3) is 9.10. The molecule has 4 nitrogen and oxygen atoms in total. The maximum absolute atomic E-state index is 13.7. The van der Waals surface area contributed by atoms with Crippen LogP contribution in [0.1, 0.15) is 42.5 Å². The van der Waals surface area contributed by atoms with E-state index in [4.69, 9.17) is 23.2 Å². The Balaban J connectivity index is 1.84. The number of hydrogen-bond donors (Lipinski definition) is 1. The molecule has 3 aromatic carbocycles. The Labute approximate surface area is 234 Å². The molecule has 3 rings (SSSR count). The van der Waals surface area contributed by atoms with Crippen LogP contribution < -0.4 is 5.32 Å². The fourth-order valence-electron chi connectivity index (χ4n) is 3.85. The molecule has 0 bridgehead atoms. The minimum Gasteiger partial charge on any atom is -0.352 e. The highest BCUT2D eigenvalue weighted by Gasteiger charge is 2.30. The summed E-state index contributed by atoms with van der Waals surface area (Å²) in [5, 5.41) is 4.11. The highest BCUT2D eigenvalue weighted by atomic mass is 35.5. The van der Waals surface area contributed by atoms with Gasteiger partial charge in [-0.05, 0) is 49.1 Å². The van der Waals surface area contributed by atoms with E-state index in [1.54, 1.807) is 11.0 Å². The normalized spacial score (nSPS) is 12.6. The number of carbonyl (C=O) groups is 2. The van der Waals surface area contributed by atoms with Crippen molar-refractivity contribution in [2.75, 3.05) is 5.75 Å². The molecule has 3 aromatic rings. The minimum atomic E-state index is -0.629. The third-order valence-electron chi connectivity index (χ3n) is 6.22. The molecule has 7 heteroatoms. The summed E-state index contributed by atoms with van der Waals surface area (Å²) in [5.41, 5.74) is 4.14. The predicted molar refractivity (Wildman–Crippen MR) is 156 cm³/mol. The highest BCUT2D eigenvalue weighted by Crippen LogP contribution is 2.25. The fourth-order valence-corrected chi connectivity index (χ4v) is 5.03. The van der Waals surface area contributed by atoms with E-state index in [0.29, 0.717) is 28.8 Å². The number of aryl methyl sites for hydroxylation is 1. The molecule has 0 spiro atoms. The number of amides is 2. The van der Waals surface area contributed by atoms with Gasteiger partial charge in [0.15, 0.2) is 0 Å². The summed E-state index contributed by atoms with van der Waals surface area (Å²) in [7, 11) is 0. The van der Waals surface area contributed by atoms with Crippen LogP contribution in [0.25, 0.3) is 0 Å². The molecule has 2 amide bonds. The first kappa shape index (κ1) is 29.1. The minimum absolute atomic E-state index is 0.0196. The first-order valence-corrected chi connectivity index (χ1v) is 14.4. The lowest BCUT2D eigenvalue weighted by Gasteiger charge is -2.32. The van der Waals surface area contributed by atoms with Gasteiger partial charge in [0.2, 0.25) is 11.8 Å². The highest BCUT2D eigenvalue weighted by molar-refractivity contribution is 7.99. The van der Waals surface area contributed by atoms with Gasteiger partial charge in [0.05, 0.1) is 15.8 Å². The number of nitrogens with zero attached hydrogens (tertiary/aromatic N) is 1. The van der Waals surface area contributed by atoms with Crippen molar-refractivity contribution in [2.45, 2.75) is 58.0 Å². The molecule has 0 aliphatic carbocycles. The first-order valence-electron chi connectivity index (χ1n) is 12.5. The van der Waals surface area contributed by atoms with Crippen LogP contribution in [0.3, 0.4) is 0 Å². The van der Waals surface area contributed by atoms with Gasteiger partial charge in [0.1, 0.15) is 6.04 Å². The second-order valence-corrected chi connectivity index (χ2v) is 11.1. The van der Waals surface area contributed by atoms with Gasteiger partial charge in [0, 0.05) is 24.8 Å². The molecular weight excluding hydrogens is 523 g/mol. The molecule has 1 N–H and O–H groups in total. The molecule has 2 atom stereocenters. The molecule has 0 radical (unpaired) electrons. The Morgan fingerprint density at radius 1 is 0.919 bits per heavy atom. The standard InChI is InChI=1S/C30H34Cl2N2O2S/c1-4-22(3)33-30(36)28(17-23-8-6-5-7-9-23)34(18-24-12-10-21(2)11-13-24)29(35)20-37-19-25-14-15-26(31)27(32)16-25/h5-16,22,28H,4,17-20H2,1-3H3,(H,33,36). The van der Waals surface area contributed by atoms with Crippen molar-refractivity contribution in [1.29, 1.82) is 0 Å². The lowest BCUT2D eigenvalue weighted by molar-refractivity contribution is -0.139. The molecular formula is C30H34Cl2N2O2S. The molecule has 0 aliphatic rings. The lowest BCUT2D eigenvalue weighted by Crippen LogP contribution is -2.52. The van der Waals surface area contributed by atoms with Crippen LogP contribution in [0.4, 0.5) is 0 Å². The Bertz CT molecular complexity index is 1170. The number of rotatable bonds is 12. The van der Waals surface area contributed by atoms with Gasteiger partial charge in [-0.25, -0.2) is 0 Å². The summed E-state index contributed by atoms with van der Waals surface area (Å²) in [6.07, 6.45) is 1.26. The average molecular weight is 558 g/mol. The zero-order valence-electron chi connectivity index (χ0n) is 21.5. The van der Waals surface area contributed by atoms with Gasteiger partial charge in [-0.2, -0.15) is 0 Å². The molecule has 0 saturated carbocycles. The topological polar surface area (TPSA) is 49.4 Å². The molecule has 0 fully saturated rings. The van der Waals surface area contributed by atoms with E-state index in [0.717, 1.165) is 28.7 Å². The fraction of sp³-hybridized carbons (Fsp3) is 0.333. The first-order chi connectivity index (χ1) is 17.8. The van der Waals surface area contributed by atoms with Crippen LogP contribution >= 0.6 is 35.0 Å². The average Bonchev–Trinajstić information content (AvgIpc) is 2.89. The largest absolute Gasteiger partial charge is 0.352 e. The van der Waals surface area contributed by atoms with Crippen LogP contribution in [0.2, 0.25) is 10.0 Å². The van der Waals surface area contributed by atoms with Crippen LogP contribution in [0.15, 0.2) is 72.8 Å². The van der Waals surface area contributed by atoms with E-state index in [1.807, 2.05) is 87.5 Å². The summed E-state index contributed by atoms with van der Waals surface area (Å²) in [6.45, 7) is 6.41.